The molecule has 1 heterocycles. The molecule has 0 aliphatic heterocycles. The van der Waals surface area contributed by atoms with Crippen molar-refractivity contribution < 1.29 is 14.3 Å². The first-order valence-electron chi connectivity index (χ1n) is 8.28. The largest absolute Gasteiger partial charge is 0.444 e. The number of alkyl carbamates (subject to hydrolysis) is 1. The molecule has 0 saturated heterocycles. The lowest BCUT2D eigenvalue weighted by atomic mass is 10.1. The van der Waals surface area contributed by atoms with Gasteiger partial charge in [0.25, 0.3) is 0 Å². The van der Waals surface area contributed by atoms with E-state index in [2.05, 4.69) is 20.9 Å². The zero-order chi connectivity index (χ0) is 19.3. The topological polar surface area (TPSA) is 92.4 Å². The van der Waals surface area contributed by atoms with E-state index < -0.39 is 11.7 Å². The van der Waals surface area contributed by atoms with Crippen molar-refractivity contribution in [1.82, 2.24) is 15.6 Å². The molecule has 3 N–H and O–H groups in total. The number of nitrogens with one attached hydrogen (secondary N) is 3. The van der Waals surface area contributed by atoms with Crippen LogP contribution in [0.5, 0.6) is 0 Å². The third-order valence-electron chi connectivity index (χ3n) is 3.34. The number of anilines is 1. The van der Waals surface area contributed by atoms with E-state index in [-0.39, 0.29) is 12.6 Å². The average molecular weight is 379 g/mol. The van der Waals surface area contributed by atoms with Gasteiger partial charge in [0.05, 0.1) is 0 Å². The molecule has 0 fully saturated rings. The second-order valence-corrected chi connectivity index (χ2v) is 7.07. The van der Waals surface area contributed by atoms with Crippen LogP contribution in [0.1, 0.15) is 33.3 Å². The highest BCUT2D eigenvalue weighted by Crippen LogP contribution is 2.28. The molecule has 2 aromatic rings. The van der Waals surface area contributed by atoms with Gasteiger partial charge < -0.3 is 15.4 Å². The molecule has 3 amide bonds. The van der Waals surface area contributed by atoms with E-state index in [1.165, 1.54) is 0 Å². The molecule has 2 rings (SSSR count). The minimum absolute atomic E-state index is 0.271. The fourth-order valence-corrected chi connectivity index (χ4v) is 2.51. The maximum absolute atomic E-state index is 11.8. The predicted octanol–water partition coefficient (Wildman–Crippen LogP) is 4.05. The quantitative estimate of drug-likeness (QED) is 0.748. The number of rotatable bonds is 4. The minimum atomic E-state index is -0.562. The maximum Gasteiger partial charge on any atom is 0.407 e. The Morgan fingerprint density at radius 2 is 1.92 bits per heavy atom. The molecular formula is C18H23ClN4O3. The number of fused-ring (bicyclic) bond motifs is 1. The Bertz CT molecular complexity index is 818. The van der Waals surface area contributed by atoms with Crippen LogP contribution >= 0.6 is 11.6 Å². The van der Waals surface area contributed by atoms with Crippen molar-refractivity contribution in [2.75, 3.05) is 11.9 Å². The van der Waals surface area contributed by atoms with E-state index in [9.17, 15) is 9.59 Å². The van der Waals surface area contributed by atoms with Crippen LogP contribution in [-0.2, 0) is 11.3 Å². The molecule has 0 bridgehead atoms. The van der Waals surface area contributed by atoms with Gasteiger partial charge in [-0.25, -0.2) is 14.6 Å². The van der Waals surface area contributed by atoms with E-state index in [1.54, 1.807) is 39.1 Å². The number of aromatic nitrogens is 1. The molecule has 26 heavy (non-hydrogen) atoms. The van der Waals surface area contributed by atoms with Gasteiger partial charge in [-0.3, -0.25) is 5.32 Å². The van der Waals surface area contributed by atoms with Crippen LogP contribution < -0.4 is 16.0 Å². The van der Waals surface area contributed by atoms with Crippen LogP contribution in [0.2, 0.25) is 5.02 Å². The predicted molar refractivity (Wildman–Crippen MR) is 103 cm³/mol. The summed E-state index contributed by atoms with van der Waals surface area (Å²) in [5, 5.41) is 10.1. The Kier molecular flexibility index (Phi) is 6.26. The summed E-state index contributed by atoms with van der Waals surface area (Å²) in [4.78, 5) is 27.7. The molecule has 0 aliphatic carbocycles. The Balaban J connectivity index is 2.20. The summed E-state index contributed by atoms with van der Waals surface area (Å²) in [7, 11) is 0. The molecule has 7 nitrogen and oxygen atoms in total. The average Bonchev–Trinajstić information content (AvgIpc) is 2.53. The summed E-state index contributed by atoms with van der Waals surface area (Å²) in [5.74, 6) is 0.391. The zero-order valence-corrected chi connectivity index (χ0v) is 16.0. The molecule has 8 heteroatoms. The molecule has 0 spiro atoms. The Morgan fingerprint density at radius 1 is 1.19 bits per heavy atom. The Labute approximate surface area is 157 Å². The highest BCUT2D eigenvalue weighted by atomic mass is 35.5. The molecule has 1 aromatic heterocycles. The van der Waals surface area contributed by atoms with Gasteiger partial charge in [0.1, 0.15) is 11.4 Å². The first-order chi connectivity index (χ1) is 12.2. The lowest BCUT2D eigenvalue weighted by Crippen LogP contribution is -2.32. The first-order valence-corrected chi connectivity index (χ1v) is 8.66. The van der Waals surface area contributed by atoms with E-state index in [0.29, 0.717) is 17.4 Å². The number of ether oxygens (including phenoxy) is 1. The molecule has 0 aliphatic rings. The second-order valence-electron chi connectivity index (χ2n) is 6.66. The SMILES string of the molecule is CCNC(=O)Nc1cc2c(Cl)ccc(CNC(=O)OC(C)(C)C)c2cn1. The monoisotopic (exact) mass is 378 g/mol. The van der Waals surface area contributed by atoms with Crippen molar-refractivity contribution in [2.24, 2.45) is 0 Å². The third-order valence-corrected chi connectivity index (χ3v) is 3.67. The Morgan fingerprint density at radius 3 is 2.58 bits per heavy atom. The molecular weight excluding hydrogens is 356 g/mol. The lowest BCUT2D eigenvalue weighted by molar-refractivity contribution is 0.0524. The Hall–Kier alpha value is -2.54. The van der Waals surface area contributed by atoms with E-state index in [1.807, 2.05) is 13.0 Å². The number of hydrogen-bond acceptors (Lipinski definition) is 4. The number of halogens is 1. The fourth-order valence-electron chi connectivity index (χ4n) is 2.29. The van der Waals surface area contributed by atoms with Crippen molar-refractivity contribution in [3.8, 4) is 0 Å². The van der Waals surface area contributed by atoms with Crippen LogP contribution in [0.15, 0.2) is 24.4 Å². The molecule has 0 saturated carbocycles. The lowest BCUT2D eigenvalue weighted by Gasteiger charge is -2.20. The van der Waals surface area contributed by atoms with Crippen LogP contribution in [0.4, 0.5) is 15.4 Å². The van der Waals surface area contributed by atoms with Gasteiger partial charge in [0.2, 0.25) is 0 Å². The summed E-state index contributed by atoms with van der Waals surface area (Å²) < 4.78 is 5.23. The van der Waals surface area contributed by atoms with Gasteiger partial charge in [-0.15, -0.1) is 0 Å². The third kappa shape index (κ3) is 5.49. The van der Waals surface area contributed by atoms with Crippen molar-refractivity contribution >= 4 is 40.3 Å². The highest BCUT2D eigenvalue weighted by Gasteiger charge is 2.16. The first kappa shape index (κ1) is 19.8. The minimum Gasteiger partial charge on any atom is -0.444 e. The van der Waals surface area contributed by atoms with Crippen LogP contribution in [0.3, 0.4) is 0 Å². The van der Waals surface area contributed by atoms with Crippen LogP contribution in [-0.4, -0.2) is 29.3 Å². The van der Waals surface area contributed by atoms with E-state index >= 15 is 0 Å². The van der Waals surface area contributed by atoms with E-state index in [4.69, 9.17) is 16.3 Å². The number of carbonyl (C=O) groups excluding carboxylic acids is 2. The molecule has 140 valence electrons. The zero-order valence-electron chi connectivity index (χ0n) is 15.3. The normalized spacial score (nSPS) is 11.1. The standard InChI is InChI=1S/C18H23ClN4O3/c1-5-20-16(24)23-15-8-12-13(10-21-15)11(6-7-14(12)19)9-22-17(25)26-18(2,3)4/h6-8,10H,5,9H2,1-4H3,(H,22,25)(H2,20,21,23,24). The summed E-state index contributed by atoms with van der Waals surface area (Å²) >= 11 is 6.28. The maximum atomic E-state index is 11.8. The summed E-state index contributed by atoms with van der Waals surface area (Å²) in [6, 6.07) is 4.93. The number of pyridine rings is 1. The summed E-state index contributed by atoms with van der Waals surface area (Å²) in [5.41, 5.74) is 0.278. The summed E-state index contributed by atoms with van der Waals surface area (Å²) in [6.07, 6.45) is 1.12. The molecule has 0 radical (unpaired) electrons. The number of amides is 3. The highest BCUT2D eigenvalue weighted by molar-refractivity contribution is 6.35. The van der Waals surface area contributed by atoms with Gasteiger partial charge in [-0.1, -0.05) is 17.7 Å². The second kappa shape index (κ2) is 8.23. The van der Waals surface area contributed by atoms with E-state index in [0.717, 1.165) is 16.3 Å². The van der Waals surface area contributed by atoms with Crippen LogP contribution in [0.25, 0.3) is 10.8 Å². The fraction of sp³-hybridized carbons (Fsp3) is 0.389. The van der Waals surface area contributed by atoms with Crippen molar-refractivity contribution in [3.05, 3.63) is 35.0 Å². The van der Waals surface area contributed by atoms with Gasteiger partial charge in [0, 0.05) is 35.1 Å². The number of hydrogen-bond donors (Lipinski definition) is 3. The molecule has 1 aromatic carbocycles. The smallest absolute Gasteiger partial charge is 0.407 e. The summed E-state index contributed by atoms with van der Waals surface area (Å²) in [6.45, 7) is 8.02. The molecule has 0 unspecified atom stereocenters. The van der Waals surface area contributed by atoms with Crippen molar-refractivity contribution in [3.63, 3.8) is 0 Å². The molecule has 0 atom stereocenters. The van der Waals surface area contributed by atoms with Gasteiger partial charge in [-0.05, 0) is 45.4 Å². The van der Waals surface area contributed by atoms with Crippen molar-refractivity contribution in [2.45, 2.75) is 39.8 Å². The van der Waals surface area contributed by atoms with Gasteiger partial charge in [0.15, 0.2) is 0 Å². The number of carbonyl (C=O) groups is 2. The van der Waals surface area contributed by atoms with Gasteiger partial charge >= 0.3 is 12.1 Å². The van der Waals surface area contributed by atoms with Crippen molar-refractivity contribution in [1.29, 1.82) is 0 Å². The number of benzene rings is 1. The number of nitrogens with zero attached hydrogens (tertiary/aromatic N) is 1. The van der Waals surface area contributed by atoms with Crippen LogP contribution in [0, 0.1) is 0 Å². The number of urea groups is 1. The van der Waals surface area contributed by atoms with Gasteiger partial charge in [-0.2, -0.15) is 0 Å².